The van der Waals surface area contributed by atoms with Crippen LogP contribution in [-0.4, -0.2) is 12.7 Å². The average molecular weight is 255 g/mol. The highest BCUT2D eigenvalue weighted by Gasteiger charge is 2.28. The highest BCUT2D eigenvalue weighted by atomic mass is 16.5. The van der Waals surface area contributed by atoms with Crippen molar-refractivity contribution in [2.24, 2.45) is 5.73 Å². The van der Waals surface area contributed by atoms with Crippen molar-refractivity contribution in [2.45, 2.75) is 12.8 Å². The smallest absolute Gasteiger partial charge is 0.404 e. The molecule has 2 rings (SSSR count). The fourth-order valence-corrected chi connectivity index (χ4v) is 2.52. The van der Waals surface area contributed by atoms with E-state index in [-0.39, 0.29) is 12.5 Å². The van der Waals surface area contributed by atoms with E-state index in [2.05, 4.69) is 12.6 Å². The second kappa shape index (κ2) is 5.57. The first-order valence-electron chi connectivity index (χ1n) is 6.19. The molecular formula is C16H17NO2. The quantitative estimate of drug-likeness (QED) is 0.896. The van der Waals surface area contributed by atoms with Crippen LogP contribution in [0.5, 0.6) is 0 Å². The zero-order chi connectivity index (χ0) is 13.8. The maximum atomic E-state index is 10.8. The monoisotopic (exact) mass is 255 g/mol. The van der Waals surface area contributed by atoms with Crippen molar-refractivity contribution in [1.29, 1.82) is 0 Å². The van der Waals surface area contributed by atoms with E-state index in [0.717, 1.165) is 22.3 Å². The Labute approximate surface area is 113 Å². The number of ether oxygens (including phenoxy) is 1. The number of carbonyl (C=O) groups is 1. The minimum atomic E-state index is -0.746. The summed E-state index contributed by atoms with van der Waals surface area (Å²) in [5, 5.41) is 0. The molecule has 2 N–H and O–H groups in total. The lowest BCUT2D eigenvalue weighted by Crippen LogP contribution is -2.17. The van der Waals surface area contributed by atoms with Gasteiger partial charge in [0.15, 0.2) is 0 Å². The molecule has 1 aliphatic rings. The van der Waals surface area contributed by atoms with Crippen molar-refractivity contribution in [3.63, 3.8) is 0 Å². The second-order valence-corrected chi connectivity index (χ2v) is 4.34. The summed E-state index contributed by atoms with van der Waals surface area (Å²) in [7, 11) is 0. The molecule has 1 aromatic carbocycles. The van der Waals surface area contributed by atoms with Crippen molar-refractivity contribution in [3.05, 3.63) is 65.8 Å². The molecule has 0 radical (unpaired) electrons. The maximum Gasteiger partial charge on any atom is 0.404 e. The number of carbonyl (C=O) groups excluding carboxylic acids is 1. The minimum Gasteiger partial charge on any atom is -0.449 e. The number of benzene rings is 1. The van der Waals surface area contributed by atoms with Gasteiger partial charge in [0.25, 0.3) is 0 Å². The number of hydrogen-bond acceptors (Lipinski definition) is 2. The molecule has 1 unspecified atom stereocenters. The Hall–Kier alpha value is -2.29. The van der Waals surface area contributed by atoms with E-state index >= 15 is 0 Å². The van der Waals surface area contributed by atoms with Crippen LogP contribution in [0.1, 0.15) is 24.0 Å². The van der Waals surface area contributed by atoms with Gasteiger partial charge in [-0.15, -0.1) is 0 Å². The Bertz CT molecular complexity index is 570. The predicted octanol–water partition coefficient (Wildman–Crippen LogP) is 3.39. The van der Waals surface area contributed by atoms with Gasteiger partial charge in [-0.3, -0.25) is 0 Å². The highest BCUT2D eigenvalue weighted by molar-refractivity contribution is 5.86. The molecule has 0 fully saturated rings. The van der Waals surface area contributed by atoms with Crippen LogP contribution >= 0.6 is 0 Å². The molecule has 1 aliphatic carbocycles. The number of amides is 1. The normalized spacial score (nSPS) is 17.6. The lowest BCUT2D eigenvalue weighted by atomic mass is 9.96. The third kappa shape index (κ3) is 2.45. The molecule has 0 spiro atoms. The van der Waals surface area contributed by atoms with Crippen LogP contribution in [0.4, 0.5) is 4.79 Å². The summed E-state index contributed by atoms with van der Waals surface area (Å²) in [4.78, 5) is 10.8. The van der Waals surface area contributed by atoms with Crippen LogP contribution in [0.15, 0.2) is 54.6 Å². The van der Waals surface area contributed by atoms with Gasteiger partial charge in [-0.05, 0) is 29.2 Å². The first kappa shape index (κ1) is 13.1. The molecule has 1 atom stereocenters. The van der Waals surface area contributed by atoms with Crippen LogP contribution in [0.25, 0.3) is 5.57 Å². The molecule has 3 heteroatoms. The van der Waals surface area contributed by atoms with E-state index in [1.807, 2.05) is 43.4 Å². The Kier molecular flexibility index (Phi) is 3.85. The molecule has 0 heterocycles. The van der Waals surface area contributed by atoms with E-state index < -0.39 is 6.09 Å². The number of nitrogens with two attached hydrogens (primary N) is 1. The summed E-state index contributed by atoms with van der Waals surface area (Å²) >= 11 is 0. The summed E-state index contributed by atoms with van der Waals surface area (Å²) in [6.45, 7) is 6.09. The maximum absolute atomic E-state index is 10.8. The van der Waals surface area contributed by atoms with Gasteiger partial charge in [-0.25, -0.2) is 4.79 Å². The minimum absolute atomic E-state index is 0.0212. The Balaban J connectivity index is 2.46. The third-order valence-electron chi connectivity index (χ3n) is 3.26. The van der Waals surface area contributed by atoms with Gasteiger partial charge < -0.3 is 10.5 Å². The molecule has 3 nitrogen and oxygen atoms in total. The van der Waals surface area contributed by atoms with Crippen LogP contribution < -0.4 is 5.73 Å². The summed E-state index contributed by atoms with van der Waals surface area (Å²) in [5.74, 6) is 0.0212. The van der Waals surface area contributed by atoms with E-state index in [1.165, 1.54) is 0 Å². The fraction of sp³-hybridized carbons (Fsp3) is 0.188. The standard InChI is InChI=1S/C16H17NO2/c1-3-7-12-11(4-2)13-8-5-6-9-14(13)15(12)10-19-16(17)18/h3-9,15H,2,10H2,1H3,(H2,17,18)/b7-3-. The van der Waals surface area contributed by atoms with Crippen molar-refractivity contribution >= 4 is 11.7 Å². The number of hydrogen-bond donors (Lipinski definition) is 1. The molecule has 98 valence electrons. The van der Waals surface area contributed by atoms with E-state index in [4.69, 9.17) is 10.5 Å². The van der Waals surface area contributed by atoms with E-state index in [0.29, 0.717) is 0 Å². The molecule has 1 amide bonds. The van der Waals surface area contributed by atoms with Crippen LogP contribution in [-0.2, 0) is 4.74 Å². The van der Waals surface area contributed by atoms with Gasteiger partial charge in [0, 0.05) is 5.92 Å². The number of rotatable bonds is 4. The molecule has 0 aromatic heterocycles. The number of primary amides is 1. The molecule has 0 aliphatic heterocycles. The third-order valence-corrected chi connectivity index (χ3v) is 3.26. The summed E-state index contributed by atoms with van der Waals surface area (Å²) in [6.07, 6.45) is 5.11. The Morgan fingerprint density at radius 1 is 1.47 bits per heavy atom. The zero-order valence-electron chi connectivity index (χ0n) is 10.9. The van der Waals surface area contributed by atoms with Crippen LogP contribution in [0, 0.1) is 0 Å². The Morgan fingerprint density at radius 3 is 2.84 bits per heavy atom. The van der Waals surface area contributed by atoms with Gasteiger partial charge in [0.05, 0.1) is 0 Å². The zero-order valence-corrected chi connectivity index (χ0v) is 10.9. The van der Waals surface area contributed by atoms with Crippen molar-refractivity contribution < 1.29 is 9.53 Å². The number of allylic oxidation sites excluding steroid dienone is 4. The lowest BCUT2D eigenvalue weighted by Gasteiger charge is -2.14. The number of fused-ring (bicyclic) bond motifs is 1. The molecule has 1 aromatic rings. The summed E-state index contributed by atoms with van der Waals surface area (Å²) < 4.78 is 4.99. The van der Waals surface area contributed by atoms with E-state index in [1.54, 1.807) is 0 Å². The molecule has 19 heavy (non-hydrogen) atoms. The van der Waals surface area contributed by atoms with Gasteiger partial charge in [-0.1, -0.05) is 49.1 Å². The Morgan fingerprint density at radius 2 is 2.21 bits per heavy atom. The fourth-order valence-electron chi connectivity index (χ4n) is 2.52. The first-order valence-corrected chi connectivity index (χ1v) is 6.19. The first-order chi connectivity index (χ1) is 9.19. The van der Waals surface area contributed by atoms with Crippen molar-refractivity contribution in [3.8, 4) is 0 Å². The molecule has 0 bridgehead atoms. The van der Waals surface area contributed by atoms with E-state index in [9.17, 15) is 4.79 Å². The van der Waals surface area contributed by atoms with Crippen LogP contribution in [0.3, 0.4) is 0 Å². The SMILES string of the molecule is C=CC1=C(/C=C\C)C(COC(N)=O)c2ccccc21. The molecule has 0 saturated heterocycles. The van der Waals surface area contributed by atoms with Crippen LogP contribution in [0.2, 0.25) is 0 Å². The average Bonchev–Trinajstić information content (AvgIpc) is 2.70. The summed E-state index contributed by atoms with van der Waals surface area (Å²) in [5.41, 5.74) is 9.55. The lowest BCUT2D eigenvalue weighted by molar-refractivity contribution is 0.153. The molecular weight excluding hydrogens is 238 g/mol. The van der Waals surface area contributed by atoms with Crippen molar-refractivity contribution in [1.82, 2.24) is 0 Å². The topological polar surface area (TPSA) is 52.3 Å². The highest BCUT2D eigenvalue weighted by Crippen LogP contribution is 2.43. The summed E-state index contributed by atoms with van der Waals surface area (Å²) in [6, 6.07) is 8.08. The van der Waals surface area contributed by atoms with Crippen molar-refractivity contribution in [2.75, 3.05) is 6.61 Å². The van der Waals surface area contributed by atoms with Gasteiger partial charge >= 0.3 is 6.09 Å². The van der Waals surface area contributed by atoms with Gasteiger partial charge in [0.1, 0.15) is 6.61 Å². The second-order valence-electron chi connectivity index (χ2n) is 4.34. The van der Waals surface area contributed by atoms with Gasteiger partial charge in [-0.2, -0.15) is 0 Å². The van der Waals surface area contributed by atoms with Gasteiger partial charge in [0.2, 0.25) is 0 Å². The molecule has 0 saturated carbocycles. The largest absolute Gasteiger partial charge is 0.449 e. The predicted molar refractivity (Wildman–Crippen MR) is 76.6 cm³/mol.